The summed E-state index contributed by atoms with van der Waals surface area (Å²) in [5, 5.41) is 8.04. The quantitative estimate of drug-likeness (QED) is 0.634. The van der Waals surface area contributed by atoms with E-state index in [1.807, 2.05) is 44.7 Å². The van der Waals surface area contributed by atoms with Crippen LogP contribution in [0.2, 0.25) is 0 Å². The molecule has 0 bridgehead atoms. The summed E-state index contributed by atoms with van der Waals surface area (Å²) in [6.45, 7) is 9.60. The molecular weight excluding hydrogens is 410 g/mol. The maximum atomic E-state index is 13.3. The third kappa shape index (κ3) is 4.49. The van der Waals surface area contributed by atoms with Crippen molar-refractivity contribution in [3.05, 3.63) is 41.1 Å². The van der Waals surface area contributed by atoms with E-state index in [-0.39, 0.29) is 17.4 Å². The lowest BCUT2D eigenvalue weighted by Gasteiger charge is -2.20. The number of rotatable bonds is 3. The summed E-state index contributed by atoms with van der Waals surface area (Å²) in [6.07, 6.45) is 4.36. The predicted octanol–water partition coefficient (Wildman–Crippen LogP) is 4.82. The molecule has 2 amide bonds. The summed E-state index contributed by atoms with van der Waals surface area (Å²) < 4.78 is 2.52. The molecule has 2 aromatic heterocycles. The second kappa shape index (κ2) is 8.42. The van der Waals surface area contributed by atoms with Crippen LogP contribution in [0.3, 0.4) is 0 Å². The summed E-state index contributed by atoms with van der Waals surface area (Å²) in [5.41, 5.74) is 2.39. The molecule has 3 aromatic rings. The number of likely N-dealkylation sites (tertiary alicyclic amines) is 1. The number of carbonyl (C=O) groups is 2. The Morgan fingerprint density at radius 1 is 1.03 bits per heavy atom. The zero-order valence-corrected chi connectivity index (χ0v) is 19.4. The average molecular weight is 440 g/mol. The zero-order valence-electron chi connectivity index (χ0n) is 18.6. The number of aromatic nitrogens is 3. The van der Waals surface area contributed by atoms with Crippen molar-refractivity contribution in [3.8, 4) is 0 Å². The maximum Gasteiger partial charge on any atom is 0.275 e. The minimum Gasteiger partial charge on any atom is -0.337 e. The summed E-state index contributed by atoms with van der Waals surface area (Å²) in [6, 6.07) is 7.40. The first-order valence-corrected chi connectivity index (χ1v) is 11.6. The highest BCUT2D eigenvalue weighted by atomic mass is 32.1. The first-order chi connectivity index (χ1) is 14.7. The Morgan fingerprint density at radius 3 is 2.29 bits per heavy atom. The van der Waals surface area contributed by atoms with Gasteiger partial charge in [0.15, 0.2) is 16.5 Å². The monoisotopic (exact) mass is 439 g/mol. The van der Waals surface area contributed by atoms with Gasteiger partial charge in [0, 0.05) is 18.7 Å². The zero-order chi connectivity index (χ0) is 22.2. The number of fused-ring (bicyclic) bond motifs is 1. The van der Waals surface area contributed by atoms with E-state index in [0.29, 0.717) is 22.0 Å². The fourth-order valence-electron chi connectivity index (χ4n) is 3.76. The fourth-order valence-corrected chi connectivity index (χ4v) is 4.68. The topological polar surface area (TPSA) is 80.1 Å². The molecule has 3 heterocycles. The highest BCUT2D eigenvalue weighted by Crippen LogP contribution is 2.33. The van der Waals surface area contributed by atoms with Crippen molar-refractivity contribution in [1.82, 2.24) is 19.7 Å². The fraction of sp³-hybridized carbons (Fsp3) is 0.478. The molecule has 0 atom stereocenters. The second-order valence-electron chi connectivity index (χ2n) is 9.13. The van der Waals surface area contributed by atoms with E-state index in [2.05, 4.69) is 15.4 Å². The van der Waals surface area contributed by atoms with Gasteiger partial charge >= 0.3 is 0 Å². The highest BCUT2D eigenvalue weighted by molar-refractivity contribution is 7.22. The largest absolute Gasteiger partial charge is 0.337 e. The number of thiazole rings is 1. The molecule has 0 radical (unpaired) electrons. The molecule has 7 nitrogen and oxygen atoms in total. The van der Waals surface area contributed by atoms with Gasteiger partial charge < -0.3 is 4.90 Å². The van der Waals surface area contributed by atoms with Gasteiger partial charge in [-0.2, -0.15) is 10.1 Å². The third-order valence-electron chi connectivity index (χ3n) is 5.49. The predicted molar refractivity (Wildman–Crippen MR) is 124 cm³/mol. The van der Waals surface area contributed by atoms with Gasteiger partial charge in [0.05, 0.1) is 5.54 Å². The van der Waals surface area contributed by atoms with Crippen LogP contribution in [0.25, 0.3) is 10.3 Å². The molecule has 0 unspecified atom stereocenters. The van der Waals surface area contributed by atoms with E-state index in [1.54, 1.807) is 16.8 Å². The number of anilines is 1. The molecule has 0 spiro atoms. The number of nitrogens with one attached hydrogen (secondary N) is 1. The van der Waals surface area contributed by atoms with Crippen molar-refractivity contribution in [2.75, 3.05) is 18.4 Å². The molecule has 4 rings (SSSR count). The number of nitrogens with zero attached hydrogens (tertiary/aromatic N) is 4. The Kier molecular flexibility index (Phi) is 5.83. The Morgan fingerprint density at radius 2 is 1.68 bits per heavy atom. The molecule has 0 saturated carbocycles. The maximum absolute atomic E-state index is 13.3. The van der Waals surface area contributed by atoms with E-state index in [4.69, 9.17) is 0 Å². The summed E-state index contributed by atoms with van der Waals surface area (Å²) in [5.74, 6) is -0.262. The van der Waals surface area contributed by atoms with Crippen LogP contribution in [0.4, 0.5) is 5.13 Å². The molecule has 1 saturated heterocycles. The van der Waals surface area contributed by atoms with Crippen molar-refractivity contribution >= 4 is 38.6 Å². The van der Waals surface area contributed by atoms with E-state index < -0.39 is 0 Å². The first-order valence-electron chi connectivity index (χ1n) is 10.8. The molecule has 1 N–H and O–H groups in total. The Bertz CT molecular complexity index is 1100. The van der Waals surface area contributed by atoms with Crippen molar-refractivity contribution in [1.29, 1.82) is 0 Å². The molecule has 8 heteroatoms. The van der Waals surface area contributed by atoms with Gasteiger partial charge in [-0.3, -0.25) is 14.9 Å². The molecular formula is C23H29N5O2S. The van der Waals surface area contributed by atoms with E-state index in [9.17, 15) is 9.59 Å². The normalized spacial score (nSPS) is 15.2. The van der Waals surface area contributed by atoms with Crippen LogP contribution >= 0.6 is 11.3 Å². The number of carbonyl (C=O) groups excluding carboxylic acids is 2. The van der Waals surface area contributed by atoms with Crippen LogP contribution in [0.5, 0.6) is 0 Å². The van der Waals surface area contributed by atoms with E-state index in [1.165, 1.54) is 11.3 Å². The van der Waals surface area contributed by atoms with Gasteiger partial charge in [-0.05, 0) is 52.7 Å². The van der Waals surface area contributed by atoms with Crippen LogP contribution < -0.4 is 5.32 Å². The van der Waals surface area contributed by atoms with Crippen molar-refractivity contribution in [3.63, 3.8) is 0 Å². The Labute approximate surface area is 186 Å². The smallest absolute Gasteiger partial charge is 0.275 e. The van der Waals surface area contributed by atoms with Crippen LogP contribution in [0.1, 0.15) is 72.9 Å². The van der Waals surface area contributed by atoms with E-state index in [0.717, 1.165) is 49.0 Å². The van der Waals surface area contributed by atoms with Crippen LogP contribution in [0.15, 0.2) is 24.3 Å². The van der Waals surface area contributed by atoms with Gasteiger partial charge in [-0.1, -0.05) is 41.9 Å². The summed E-state index contributed by atoms with van der Waals surface area (Å²) >= 11 is 1.31. The van der Waals surface area contributed by atoms with Gasteiger partial charge in [0.25, 0.3) is 11.8 Å². The van der Waals surface area contributed by atoms with Gasteiger partial charge in [-0.25, -0.2) is 4.68 Å². The summed E-state index contributed by atoms with van der Waals surface area (Å²) in [7, 11) is 0. The SMILES string of the molecule is Cc1ccc(C(=O)Nc2nc3c(s2)c(C(=O)N2CCCCCC2)nn3C(C)(C)C)cc1. The first kappa shape index (κ1) is 21.5. The van der Waals surface area contributed by atoms with Crippen molar-refractivity contribution < 1.29 is 9.59 Å². The van der Waals surface area contributed by atoms with Crippen molar-refractivity contribution in [2.24, 2.45) is 0 Å². The minimum atomic E-state index is -0.345. The molecule has 1 aromatic carbocycles. The molecule has 164 valence electrons. The van der Waals surface area contributed by atoms with Crippen LogP contribution in [-0.4, -0.2) is 44.6 Å². The lowest BCUT2D eigenvalue weighted by atomic mass is 10.1. The molecule has 1 fully saturated rings. The molecule has 0 aliphatic carbocycles. The summed E-state index contributed by atoms with van der Waals surface area (Å²) in [4.78, 5) is 32.6. The van der Waals surface area contributed by atoms with Crippen molar-refractivity contribution in [2.45, 2.75) is 58.9 Å². The lowest BCUT2D eigenvalue weighted by molar-refractivity contribution is 0.0756. The number of amides is 2. The third-order valence-corrected chi connectivity index (χ3v) is 6.46. The van der Waals surface area contributed by atoms with Gasteiger partial charge in [-0.15, -0.1) is 0 Å². The number of hydrogen-bond acceptors (Lipinski definition) is 5. The number of aryl methyl sites for hydroxylation is 1. The average Bonchev–Trinajstić information content (AvgIpc) is 3.14. The van der Waals surface area contributed by atoms with Crippen LogP contribution in [-0.2, 0) is 5.54 Å². The molecule has 1 aliphatic rings. The second-order valence-corrected chi connectivity index (χ2v) is 10.1. The van der Waals surface area contributed by atoms with Gasteiger partial charge in [0.2, 0.25) is 0 Å². The van der Waals surface area contributed by atoms with E-state index >= 15 is 0 Å². The number of hydrogen-bond donors (Lipinski definition) is 1. The lowest BCUT2D eigenvalue weighted by Crippen LogP contribution is -2.32. The minimum absolute atomic E-state index is 0.0463. The molecule has 1 aliphatic heterocycles. The molecule has 31 heavy (non-hydrogen) atoms. The van der Waals surface area contributed by atoms with Gasteiger partial charge in [0.1, 0.15) is 4.70 Å². The Hall–Kier alpha value is -2.74. The highest BCUT2D eigenvalue weighted by Gasteiger charge is 2.29. The van der Waals surface area contributed by atoms with Crippen LogP contribution in [0, 0.1) is 6.92 Å². The number of benzene rings is 1. The standard InChI is InChI=1S/C23H29N5O2S/c1-15-9-11-16(12-10-15)20(29)25-22-24-19-18(31-22)17(26-28(19)23(2,3)4)21(30)27-13-7-5-6-8-14-27/h9-12H,5-8,13-14H2,1-4H3,(H,24,25,29). The Balaban J connectivity index is 1.68.